The van der Waals surface area contributed by atoms with E-state index in [1.165, 1.54) is 6.92 Å². The zero-order chi connectivity index (χ0) is 19.5. The molecule has 1 N–H and O–H groups in total. The lowest BCUT2D eigenvalue weighted by Crippen LogP contribution is -2.45. The highest BCUT2D eigenvalue weighted by Gasteiger charge is 2.40. The van der Waals surface area contributed by atoms with Crippen molar-refractivity contribution in [3.8, 4) is 0 Å². The molecule has 2 rings (SSSR count). The number of rotatable bonds is 0. The molecule has 0 radical (unpaired) electrons. The van der Waals surface area contributed by atoms with E-state index in [2.05, 4.69) is 0 Å². The van der Waals surface area contributed by atoms with Crippen molar-refractivity contribution in [2.45, 2.75) is 45.3 Å². The maximum atomic E-state index is 12.8. The molecule has 2 bridgehead atoms. The molecule has 7 heteroatoms. The van der Waals surface area contributed by atoms with Gasteiger partial charge in [-0.1, -0.05) is 19.1 Å². The fraction of sp³-hybridized carbons (Fsp3) is 0.632. The van der Waals surface area contributed by atoms with Crippen molar-refractivity contribution in [2.75, 3.05) is 26.7 Å². The summed E-state index contributed by atoms with van der Waals surface area (Å²) in [7, 11) is 1.89. The number of fused-ring (bicyclic) bond motifs is 2. The van der Waals surface area contributed by atoms with Gasteiger partial charge in [-0.25, -0.2) is 9.59 Å². The predicted octanol–water partition coefficient (Wildman–Crippen LogP) is 1.01. The maximum Gasteiger partial charge on any atom is 0.338 e. The minimum Gasteiger partial charge on any atom is -0.459 e. The first kappa shape index (κ1) is 20.3. The lowest BCUT2D eigenvalue weighted by Gasteiger charge is -2.31. The Kier molecular flexibility index (Phi) is 6.36. The van der Waals surface area contributed by atoms with Crippen molar-refractivity contribution in [3.63, 3.8) is 0 Å². The Morgan fingerprint density at radius 2 is 2.04 bits per heavy atom. The van der Waals surface area contributed by atoms with Crippen LogP contribution in [-0.4, -0.2) is 66.2 Å². The molecule has 1 fully saturated rings. The Labute approximate surface area is 153 Å². The maximum absolute atomic E-state index is 12.8. The van der Waals surface area contributed by atoms with Gasteiger partial charge in [0.2, 0.25) is 5.78 Å². The number of esters is 2. The monoisotopic (exact) mass is 365 g/mol. The number of carbonyl (C=O) groups is 3. The summed E-state index contributed by atoms with van der Waals surface area (Å²) >= 11 is 0. The van der Waals surface area contributed by atoms with Crippen molar-refractivity contribution in [1.82, 2.24) is 4.90 Å². The molecule has 144 valence electrons. The van der Waals surface area contributed by atoms with E-state index in [9.17, 15) is 19.5 Å². The van der Waals surface area contributed by atoms with E-state index in [0.717, 1.165) is 0 Å². The summed E-state index contributed by atoms with van der Waals surface area (Å²) in [4.78, 5) is 39.7. The SMILES string of the molecule is C/C=C1\C[C@H](C)[C@@](C)(O)C(=O)OC/C2=C/CN(C)CC[C@@H](OC1=O)C2=O. The summed E-state index contributed by atoms with van der Waals surface area (Å²) in [6, 6.07) is 0. The van der Waals surface area contributed by atoms with Crippen LogP contribution in [0.2, 0.25) is 0 Å². The standard InChI is InChI=1S/C19H27NO6/c1-5-13-10-12(2)19(3,24)18(23)25-11-14-6-8-20(4)9-7-15(16(14)21)26-17(13)22/h5-6,12,15,24H,7-11H2,1-4H3/b13-5+,14-6-/t12-,15+,19+/m0/s1. The Morgan fingerprint density at radius 3 is 2.69 bits per heavy atom. The fourth-order valence-corrected chi connectivity index (χ4v) is 2.92. The average molecular weight is 365 g/mol. The molecule has 0 aliphatic carbocycles. The topological polar surface area (TPSA) is 93.1 Å². The summed E-state index contributed by atoms with van der Waals surface area (Å²) in [5.74, 6) is -2.32. The number of Topliss-reactive ketones (excluding diaryl/α,β-unsaturated/α-hetero) is 1. The molecule has 0 aromatic rings. The van der Waals surface area contributed by atoms with Gasteiger partial charge in [-0.05, 0) is 33.2 Å². The van der Waals surface area contributed by atoms with Crippen LogP contribution in [0.25, 0.3) is 0 Å². The van der Waals surface area contributed by atoms with Crippen LogP contribution in [0.1, 0.15) is 33.6 Å². The van der Waals surface area contributed by atoms with Crippen LogP contribution in [0, 0.1) is 5.92 Å². The smallest absolute Gasteiger partial charge is 0.338 e. The highest BCUT2D eigenvalue weighted by atomic mass is 16.6. The molecular formula is C19H27NO6. The highest BCUT2D eigenvalue weighted by Crippen LogP contribution is 2.27. The minimum atomic E-state index is -1.78. The number of cyclic esters (lactones) is 1. The van der Waals surface area contributed by atoms with Crippen molar-refractivity contribution in [3.05, 3.63) is 23.3 Å². The molecule has 0 aromatic carbocycles. The summed E-state index contributed by atoms with van der Waals surface area (Å²) in [5, 5.41) is 10.6. The molecule has 1 saturated heterocycles. The van der Waals surface area contributed by atoms with Crippen LogP contribution >= 0.6 is 0 Å². The van der Waals surface area contributed by atoms with Crippen molar-refractivity contribution < 1.29 is 29.0 Å². The van der Waals surface area contributed by atoms with Gasteiger partial charge in [0.05, 0.1) is 0 Å². The molecule has 26 heavy (non-hydrogen) atoms. The van der Waals surface area contributed by atoms with Gasteiger partial charge < -0.3 is 19.5 Å². The highest BCUT2D eigenvalue weighted by molar-refractivity contribution is 6.01. The second kappa shape index (κ2) is 8.14. The normalized spacial score (nSPS) is 36.0. The van der Waals surface area contributed by atoms with Crippen LogP contribution in [0.15, 0.2) is 23.3 Å². The van der Waals surface area contributed by atoms with Crippen molar-refractivity contribution >= 4 is 17.7 Å². The Balaban J connectivity index is 2.42. The minimum absolute atomic E-state index is 0.140. The lowest BCUT2D eigenvalue weighted by molar-refractivity contribution is -0.169. The summed E-state index contributed by atoms with van der Waals surface area (Å²) in [5.41, 5.74) is -1.19. The van der Waals surface area contributed by atoms with Gasteiger partial charge in [0.25, 0.3) is 0 Å². The second-order valence-corrected chi connectivity index (χ2v) is 7.18. The number of allylic oxidation sites excluding steroid dienone is 1. The third-order valence-corrected chi connectivity index (χ3v) is 5.15. The van der Waals surface area contributed by atoms with E-state index in [-0.39, 0.29) is 24.4 Å². The number of ether oxygens (including phenoxy) is 2. The first-order chi connectivity index (χ1) is 12.2. The van der Waals surface area contributed by atoms with Gasteiger partial charge in [-0.3, -0.25) is 4.79 Å². The van der Waals surface area contributed by atoms with Gasteiger partial charge in [0.15, 0.2) is 11.7 Å². The molecule has 0 spiro atoms. The average Bonchev–Trinajstić information content (AvgIpc) is 2.59. The lowest BCUT2D eigenvalue weighted by atomic mass is 9.85. The number of ketones is 1. The number of nitrogens with zero attached hydrogens (tertiary/aromatic N) is 1. The van der Waals surface area contributed by atoms with Crippen LogP contribution < -0.4 is 0 Å². The number of likely N-dealkylation sites (N-methyl/N-ethyl adjacent to an activating group) is 1. The van der Waals surface area contributed by atoms with E-state index >= 15 is 0 Å². The molecule has 0 amide bonds. The predicted molar refractivity (Wildman–Crippen MR) is 94.2 cm³/mol. The van der Waals surface area contributed by atoms with Gasteiger partial charge in [-0.15, -0.1) is 0 Å². The third kappa shape index (κ3) is 4.40. The Morgan fingerprint density at radius 1 is 1.35 bits per heavy atom. The molecule has 0 aromatic heterocycles. The first-order valence-corrected chi connectivity index (χ1v) is 8.84. The van der Waals surface area contributed by atoms with Crippen molar-refractivity contribution in [1.29, 1.82) is 0 Å². The van der Waals surface area contributed by atoms with Crippen LogP contribution in [-0.2, 0) is 23.9 Å². The number of carbonyl (C=O) groups excluding carboxylic acids is 3. The number of hydrogen-bond acceptors (Lipinski definition) is 7. The van der Waals surface area contributed by atoms with Crippen molar-refractivity contribution in [2.24, 2.45) is 5.92 Å². The fourth-order valence-electron chi connectivity index (χ4n) is 2.92. The summed E-state index contributed by atoms with van der Waals surface area (Å²) < 4.78 is 10.7. The van der Waals surface area contributed by atoms with E-state index in [4.69, 9.17) is 9.47 Å². The van der Waals surface area contributed by atoms with Crippen LogP contribution in [0.5, 0.6) is 0 Å². The molecular weight excluding hydrogens is 338 g/mol. The number of aliphatic hydroxyl groups is 1. The molecule has 0 unspecified atom stereocenters. The van der Waals surface area contributed by atoms with E-state index in [1.807, 2.05) is 11.9 Å². The van der Waals surface area contributed by atoms with Gasteiger partial charge in [0.1, 0.15) is 6.61 Å². The Hall–Kier alpha value is -1.99. The third-order valence-electron chi connectivity index (χ3n) is 5.15. The van der Waals surface area contributed by atoms with Crippen LogP contribution in [0.4, 0.5) is 0 Å². The zero-order valence-corrected chi connectivity index (χ0v) is 15.8. The Bertz CT molecular complexity index is 648. The molecule has 2 aliphatic rings. The first-order valence-electron chi connectivity index (χ1n) is 8.84. The van der Waals surface area contributed by atoms with Gasteiger partial charge in [0, 0.05) is 30.7 Å². The quantitative estimate of drug-likeness (QED) is 0.506. The van der Waals surface area contributed by atoms with Gasteiger partial charge >= 0.3 is 11.9 Å². The molecule has 3 atom stereocenters. The largest absolute Gasteiger partial charge is 0.459 e. The second-order valence-electron chi connectivity index (χ2n) is 7.18. The molecule has 0 saturated carbocycles. The number of hydrogen-bond donors (Lipinski definition) is 1. The van der Waals surface area contributed by atoms with Crippen LogP contribution in [0.3, 0.4) is 0 Å². The zero-order valence-electron chi connectivity index (χ0n) is 15.8. The van der Waals surface area contributed by atoms with E-state index in [0.29, 0.717) is 25.1 Å². The van der Waals surface area contributed by atoms with Gasteiger partial charge in [-0.2, -0.15) is 0 Å². The van der Waals surface area contributed by atoms with E-state index < -0.39 is 29.6 Å². The van der Waals surface area contributed by atoms with E-state index in [1.54, 1.807) is 26.0 Å². The summed E-state index contributed by atoms with van der Waals surface area (Å²) in [6.45, 7) is 5.58. The molecule has 7 nitrogen and oxygen atoms in total. The molecule has 2 heterocycles. The summed E-state index contributed by atoms with van der Waals surface area (Å²) in [6.07, 6.45) is 2.86. The molecule has 2 aliphatic heterocycles.